The number of carbonyl (C=O) groups excluding carboxylic acids is 1. The van der Waals surface area contributed by atoms with Crippen LogP contribution in [0, 0.1) is 18.3 Å². The van der Waals surface area contributed by atoms with E-state index in [9.17, 15) is 10.1 Å². The highest BCUT2D eigenvalue weighted by Crippen LogP contribution is 2.40. The monoisotopic (exact) mass is 439 g/mol. The van der Waals surface area contributed by atoms with Crippen LogP contribution in [0.15, 0.2) is 42.0 Å². The molecule has 0 saturated carbocycles. The van der Waals surface area contributed by atoms with Gasteiger partial charge < -0.3 is 10.2 Å². The Morgan fingerprint density at radius 1 is 1.20 bits per heavy atom. The van der Waals surface area contributed by atoms with Crippen LogP contribution in [-0.2, 0) is 4.79 Å². The van der Waals surface area contributed by atoms with Gasteiger partial charge in [-0.25, -0.2) is 0 Å². The van der Waals surface area contributed by atoms with E-state index in [1.807, 2.05) is 25.2 Å². The molecule has 30 heavy (non-hydrogen) atoms. The molecule has 1 N–H and O–H groups in total. The highest BCUT2D eigenvalue weighted by Gasteiger charge is 2.29. The minimum atomic E-state index is -0.512. The number of rotatable bonds is 3. The highest BCUT2D eigenvalue weighted by molar-refractivity contribution is 6.33. The summed E-state index contributed by atoms with van der Waals surface area (Å²) in [5, 5.41) is 13.4. The molecule has 4 nitrogen and oxygen atoms in total. The molecule has 1 aliphatic heterocycles. The van der Waals surface area contributed by atoms with Crippen molar-refractivity contribution in [2.24, 2.45) is 0 Å². The molecular weight excluding hydrogens is 417 g/mol. The fourth-order valence-corrected chi connectivity index (χ4v) is 3.92. The first-order valence-electron chi connectivity index (χ1n) is 9.50. The van der Waals surface area contributed by atoms with Gasteiger partial charge in [-0.3, -0.25) is 4.79 Å². The molecule has 154 valence electrons. The summed E-state index contributed by atoms with van der Waals surface area (Å²) in [6.45, 7) is 8.13. The molecule has 0 radical (unpaired) electrons. The molecule has 2 aromatic rings. The Morgan fingerprint density at radius 2 is 1.90 bits per heavy atom. The summed E-state index contributed by atoms with van der Waals surface area (Å²) in [6.07, 6.45) is 3.71. The van der Waals surface area contributed by atoms with Gasteiger partial charge in [-0.05, 0) is 74.7 Å². The SMILES string of the molecule is CC1=CC(C)(C)N(C)c2cc(Cl)c(/C=C(\C#N)C(=O)Nc3cccc(Cl)c3C)cc21. The third kappa shape index (κ3) is 4.09. The predicted octanol–water partition coefficient (Wildman–Crippen LogP) is 6.48. The zero-order chi connectivity index (χ0) is 22.2. The van der Waals surface area contributed by atoms with Crippen LogP contribution in [0.1, 0.15) is 37.5 Å². The number of nitrogens with one attached hydrogen (secondary N) is 1. The number of halogens is 2. The largest absolute Gasteiger partial charge is 0.365 e. The average molecular weight is 440 g/mol. The number of amides is 1. The van der Waals surface area contributed by atoms with Crippen molar-refractivity contribution in [1.82, 2.24) is 0 Å². The molecule has 2 aromatic carbocycles. The van der Waals surface area contributed by atoms with Crippen LogP contribution in [-0.4, -0.2) is 18.5 Å². The van der Waals surface area contributed by atoms with E-state index >= 15 is 0 Å². The molecule has 0 aliphatic carbocycles. The van der Waals surface area contributed by atoms with Gasteiger partial charge in [0.1, 0.15) is 11.6 Å². The lowest BCUT2D eigenvalue weighted by molar-refractivity contribution is -0.112. The molecule has 0 fully saturated rings. The van der Waals surface area contributed by atoms with Gasteiger partial charge in [0.2, 0.25) is 0 Å². The Hall–Kier alpha value is -2.74. The van der Waals surface area contributed by atoms with Gasteiger partial charge in [0.15, 0.2) is 0 Å². The van der Waals surface area contributed by atoms with E-state index in [4.69, 9.17) is 23.2 Å². The first-order chi connectivity index (χ1) is 14.0. The van der Waals surface area contributed by atoms with E-state index in [2.05, 4.69) is 37.1 Å². The zero-order valence-corrected chi connectivity index (χ0v) is 19.1. The molecule has 0 unspecified atom stereocenters. The first-order valence-corrected chi connectivity index (χ1v) is 10.3. The fraction of sp³-hybridized carbons (Fsp3) is 0.250. The van der Waals surface area contributed by atoms with E-state index in [0.29, 0.717) is 21.3 Å². The minimum Gasteiger partial charge on any atom is -0.365 e. The van der Waals surface area contributed by atoms with E-state index in [0.717, 1.165) is 22.4 Å². The predicted molar refractivity (Wildman–Crippen MR) is 126 cm³/mol. The third-order valence-corrected chi connectivity index (χ3v) is 6.25. The Kier molecular flexibility index (Phi) is 5.99. The van der Waals surface area contributed by atoms with Crippen molar-refractivity contribution in [1.29, 1.82) is 5.26 Å². The van der Waals surface area contributed by atoms with E-state index in [1.165, 1.54) is 6.08 Å². The van der Waals surface area contributed by atoms with Crippen molar-refractivity contribution in [3.8, 4) is 6.07 Å². The molecule has 0 aromatic heterocycles. The number of likely N-dealkylation sites (N-methyl/N-ethyl adjacent to an activating group) is 1. The summed E-state index contributed by atoms with van der Waals surface area (Å²) in [7, 11) is 2.02. The number of allylic oxidation sites excluding steroid dienone is 1. The molecule has 1 amide bonds. The highest BCUT2D eigenvalue weighted by atomic mass is 35.5. The molecule has 3 rings (SSSR count). The van der Waals surface area contributed by atoms with Crippen LogP contribution < -0.4 is 10.2 Å². The van der Waals surface area contributed by atoms with Crippen LogP contribution in [0.25, 0.3) is 11.6 Å². The topological polar surface area (TPSA) is 56.1 Å². The van der Waals surface area contributed by atoms with Crippen LogP contribution in [0.3, 0.4) is 0 Å². The molecule has 0 atom stereocenters. The number of carbonyl (C=O) groups is 1. The summed E-state index contributed by atoms with van der Waals surface area (Å²) in [5.41, 5.74) is 4.90. The fourth-order valence-electron chi connectivity index (χ4n) is 3.53. The van der Waals surface area contributed by atoms with Gasteiger partial charge in [0.25, 0.3) is 5.91 Å². The Bertz CT molecular complexity index is 1140. The summed E-state index contributed by atoms with van der Waals surface area (Å²) >= 11 is 12.6. The normalized spacial score (nSPS) is 15.2. The second kappa shape index (κ2) is 8.18. The number of nitrogens with zero attached hydrogens (tertiary/aromatic N) is 2. The van der Waals surface area contributed by atoms with Gasteiger partial charge in [0.05, 0.1) is 5.54 Å². The van der Waals surface area contributed by atoms with Crippen LogP contribution in [0.2, 0.25) is 10.0 Å². The van der Waals surface area contributed by atoms with E-state index in [1.54, 1.807) is 25.1 Å². The molecule has 0 bridgehead atoms. The van der Waals surface area contributed by atoms with E-state index in [-0.39, 0.29) is 11.1 Å². The molecular formula is C24H23Cl2N3O. The minimum absolute atomic E-state index is 0.0395. The van der Waals surface area contributed by atoms with Gasteiger partial charge in [-0.2, -0.15) is 5.26 Å². The Morgan fingerprint density at radius 3 is 2.57 bits per heavy atom. The summed E-state index contributed by atoms with van der Waals surface area (Å²) < 4.78 is 0. The lowest BCUT2D eigenvalue weighted by atomic mass is 9.88. The van der Waals surface area contributed by atoms with Gasteiger partial charge in [-0.1, -0.05) is 35.3 Å². The van der Waals surface area contributed by atoms with Crippen molar-refractivity contribution < 1.29 is 4.79 Å². The van der Waals surface area contributed by atoms with Gasteiger partial charge in [0, 0.05) is 34.0 Å². The summed E-state index contributed by atoms with van der Waals surface area (Å²) in [5.74, 6) is -0.512. The number of fused-ring (bicyclic) bond motifs is 1. The van der Waals surface area contributed by atoms with Crippen molar-refractivity contribution in [3.63, 3.8) is 0 Å². The number of nitriles is 1. The smallest absolute Gasteiger partial charge is 0.266 e. The number of hydrogen-bond acceptors (Lipinski definition) is 3. The second-order valence-corrected chi connectivity index (χ2v) is 8.78. The van der Waals surface area contributed by atoms with Crippen molar-refractivity contribution >= 4 is 52.1 Å². The maximum atomic E-state index is 12.7. The van der Waals surface area contributed by atoms with Crippen molar-refractivity contribution in [2.45, 2.75) is 33.2 Å². The quantitative estimate of drug-likeness (QED) is 0.439. The molecule has 1 aliphatic rings. The van der Waals surface area contributed by atoms with Gasteiger partial charge in [-0.15, -0.1) is 0 Å². The maximum absolute atomic E-state index is 12.7. The maximum Gasteiger partial charge on any atom is 0.266 e. The number of hydrogen-bond donors (Lipinski definition) is 1. The summed E-state index contributed by atoms with van der Waals surface area (Å²) in [4.78, 5) is 14.9. The zero-order valence-electron chi connectivity index (χ0n) is 17.6. The lowest BCUT2D eigenvalue weighted by Gasteiger charge is -2.40. The average Bonchev–Trinajstić information content (AvgIpc) is 2.68. The van der Waals surface area contributed by atoms with E-state index < -0.39 is 5.91 Å². The lowest BCUT2D eigenvalue weighted by Crippen LogP contribution is -2.42. The van der Waals surface area contributed by atoms with Crippen LogP contribution >= 0.6 is 23.2 Å². The molecule has 0 spiro atoms. The molecule has 1 heterocycles. The summed E-state index contributed by atoms with van der Waals surface area (Å²) in [6, 6.07) is 11.0. The Balaban J connectivity index is 1.99. The molecule has 6 heteroatoms. The van der Waals surface area contributed by atoms with Gasteiger partial charge >= 0.3 is 0 Å². The second-order valence-electron chi connectivity index (χ2n) is 7.97. The Labute approximate surface area is 187 Å². The standard InChI is InChI=1S/C24H23Cl2N3O/c1-14-12-24(3,4)29(5)22-11-20(26)16(10-18(14)22)9-17(13-27)23(30)28-21-8-6-7-19(25)15(21)2/h6-12H,1-5H3,(H,28,30)/b17-9+. The number of benzene rings is 2. The number of anilines is 2. The van der Waals surface area contributed by atoms with Crippen LogP contribution in [0.4, 0.5) is 11.4 Å². The first kappa shape index (κ1) is 22.0. The van der Waals surface area contributed by atoms with Crippen molar-refractivity contribution in [2.75, 3.05) is 17.3 Å². The third-order valence-electron chi connectivity index (χ3n) is 5.52. The van der Waals surface area contributed by atoms with Crippen LogP contribution in [0.5, 0.6) is 0 Å². The molecule has 0 saturated heterocycles. The van der Waals surface area contributed by atoms with Crippen molar-refractivity contribution in [3.05, 3.63) is 68.7 Å².